The molecule has 2 aromatic carbocycles. The second-order valence-corrected chi connectivity index (χ2v) is 5.53. The molecule has 0 saturated heterocycles. The quantitative estimate of drug-likeness (QED) is 0.369. The van der Waals surface area contributed by atoms with Crippen LogP contribution in [0.3, 0.4) is 0 Å². The van der Waals surface area contributed by atoms with E-state index in [0.717, 1.165) is 29.7 Å². The van der Waals surface area contributed by atoms with E-state index in [4.69, 9.17) is 4.74 Å². The van der Waals surface area contributed by atoms with E-state index in [2.05, 4.69) is 10.2 Å². The molecule has 5 nitrogen and oxygen atoms in total. The maximum Gasteiger partial charge on any atom is 0.346 e. The molecule has 0 saturated carbocycles. The number of carbonyl (C=O) groups excluding carboxylic acids is 2. The molecule has 5 heteroatoms. The highest BCUT2D eigenvalue weighted by atomic mass is 16.5. The summed E-state index contributed by atoms with van der Waals surface area (Å²) in [5.41, 5.74) is 3.17. The zero-order valence-corrected chi connectivity index (χ0v) is 13.7. The van der Waals surface area contributed by atoms with Gasteiger partial charge < -0.3 is 4.74 Å². The molecule has 1 unspecified atom stereocenters. The van der Waals surface area contributed by atoms with E-state index in [1.807, 2.05) is 32.0 Å². The molecule has 1 aliphatic heterocycles. The lowest BCUT2D eigenvalue weighted by Crippen LogP contribution is -2.36. The number of para-hydroxylation sites is 1. The molecular formula is C19H18N2O3. The number of hydrogen-bond donors (Lipinski definition) is 0. The molecule has 0 aliphatic carbocycles. The number of nitrogens with zero attached hydrogens (tertiary/aromatic N) is 2. The van der Waals surface area contributed by atoms with Crippen LogP contribution >= 0.6 is 0 Å². The number of azo groups is 1. The van der Waals surface area contributed by atoms with Gasteiger partial charge in [-0.25, -0.2) is 4.79 Å². The highest BCUT2D eigenvalue weighted by Gasteiger charge is 2.36. The summed E-state index contributed by atoms with van der Waals surface area (Å²) in [6.07, 6.45) is 1.60. The first-order valence-corrected chi connectivity index (χ1v) is 8.02. The van der Waals surface area contributed by atoms with Crippen molar-refractivity contribution in [2.75, 3.05) is 0 Å². The van der Waals surface area contributed by atoms with Gasteiger partial charge in [0.15, 0.2) is 0 Å². The van der Waals surface area contributed by atoms with Crippen molar-refractivity contribution in [1.29, 1.82) is 0 Å². The normalized spacial score (nSPS) is 17.0. The first kappa shape index (κ1) is 16.1. The standard InChI is InChI=1S/C19H18N2O3/c1-3-12-8-7-9-13(4-2)16(12)20-21-17-18(22)14-10-5-6-11-15(14)24-19(17)23/h5-11,17H,3-4H2,1-2H3. The van der Waals surface area contributed by atoms with Gasteiger partial charge in [0, 0.05) is 0 Å². The van der Waals surface area contributed by atoms with E-state index in [1.165, 1.54) is 0 Å². The van der Waals surface area contributed by atoms with Gasteiger partial charge in [-0.3, -0.25) is 4.79 Å². The molecular weight excluding hydrogens is 304 g/mol. The Labute approximate surface area is 140 Å². The van der Waals surface area contributed by atoms with Gasteiger partial charge in [0.05, 0.1) is 11.3 Å². The van der Waals surface area contributed by atoms with Gasteiger partial charge in [-0.15, -0.1) is 0 Å². The SMILES string of the molecule is CCc1cccc(CC)c1N=NC1C(=O)Oc2ccccc2C1=O. The molecule has 0 spiro atoms. The van der Waals surface area contributed by atoms with Gasteiger partial charge in [-0.2, -0.15) is 10.2 Å². The topological polar surface area (TPSA) is 68.1 Å². The molecule has 0 fully saturated rings. The lowest BCUT2D eigenvalue weighted by atomic mass is 10.0. The largest absolute Gasteiger partial charge is 0.424 e. The van der Waals surface area contributed by atoms with Crippen molar-refractivity contribution < 1.29 is 14.3 Å². The third-order valence-electron chi connectivity index (χ3n) is 4.07. The number of ketones is 1. The highest BCUT2D eigenvalue weighted by Crippen LogP contribution is 2.29. The lowest BCUT2D eigenvalue weighted by molar-refractivity contribution is -0.135. The monoisotopic (exact) mass is 322 g/mol. The molecule has 122 valence electrons. The molecule has 1 atom stereocenters. The molecule has 1 aliphatic rings. The van der Waals surface area contributed by atoms with Gasteiger partial charge >= 0.3 is 5.97 Å². The first-order valence-electron chi connectivity index (χ1n) is 8.02. The fourth-order valence-electron chi connectivity index (χ4n) is 2.74. The smallest absolute Gasteiger partial charge is 0.346 e. The number of benzene rings is 2. The Hall–Kier alpha value is -2.82. The number of rotatable bonds is 4. The maximum absolute atomic E-state index is 12.5. The first-order chi connectivity index (χ1) is 11.7. The lowest BCUT2D eigenvalue weighted by Gasteiger charge is -2.18. The summed E-state index contributed by atoms with van der Waals surface area (Å²) in [5.74, 6) is -0.783. The van der Waals surface area contributed by atoms with Crippen LogP contribution in [0.4, 0.5) is 5.69 Å². The molecule has 1 heterocycles. The minimum absolute atomic E-state index is 0.280. The van der Waals surface area contributed by atoms with E-state index in [9.17, 15) is 9.59 Å². The van der Waals surface area contributed by atoms with Crippen LogP contribution in [0.5, 0.6) is 5.75 Å². The summed E-state index contributed by atoms with van der Waals surface area (Å²) in [4.78, 5) is 24.6. The molecule has 0 radical (unpaired) electrons. The van der Waals surface area contributed by atoms with Crippen LogP contribution in [0, 0.1) is 0 Å². The van der Waals surface area contributed by atoms with Crippen LogP contribution in [0.25, 0.3) is 0 Å². The summed E-state index contributed by atoms with van der Waals surface area (Å²) >= 11 is 0. The number of Topliss-reactive ketones (excluding diaryl/α,β-unsaturated/α-hetero) is 1. The fourth-order valence-corrected chi connectivity index (χ4v) is 2.74. The molecule has 0 bridgehead atoms. The van der Waals surface area contributed by atoms with E-state index in [-0.39, 0.29) is 11.5 Å². The van der Waals surface area contributed by atoms with Crippen molar-refractivity contribution in [3.05, 3.63) is 59.2 Å². The molecule has 0 aromatic heterocycles. The van der Waals surface area contributed by atoms with Gasteiger partial charge in [0.25, 0.3) is 0 Å². The van der Waals surface area contributed by atoms with Crippen LogP contribution in [-0.2, 0) is 17.6 Å². The van der Waals surface area contributed by atoms with Gasteiger partial charge in [-0.05, 0) is 36.1 Å². The Morgan fingerprint density at radius 1 is 0.958 bits per heavy atom. The van der Waals surface area contributed by atoms with Crippen LogP contribution in [-0.4, -0.2) is 17.8 Å². The van der Waals surface area contributed by atoms with Crippen molar-refractivity contribution in [2.45, 2.75) is 32.7 Å². The average Bonchev–Trinajstić information content (AvgIpc) is 2.61. The highest BCUT2D eigenvalue weighted by molar-refractivity contribution is 6.16. The Balaban J connectivity index is 1.96. The van der Waals surface area contributed by atoms with E-state index in [1.54, 1.807) is 24.3 Å². The average molecular weight is 322 g/mol. The van der Waals surface area contributed by atoms with Crippen molar-refractivity contribution >= 4 is 17.4 Å². The number of fused-ring (bicyclic) bond motifs is 1. The fraction of sp³-hybridized carbons (Fsp3) is 0.263. The minimum atomic E-state index is -1.24. The maximum atomic E-state index is 12.5. The molecule has 0 N–H and O–H groups in total. The Kier molecular flexibility index (Phi) is 4.51. The van der Waals surface area contributed by atoms with E-state index in [0.29, 0.717) is 5.56 Å². The zero-order chi connectivity index (χ0) is 17.1. The molecule has 3 rings (SSSR count). The van der Waals surface area contributed by atoms with Gasteiger partial charge in [0.1, 0.15) is 5.75 Å². The third kappa shape index (κ3) is 2.85. The number of esters is 1. The van der Waals surface area contributed by atoms with Crippen LogP contribution in [0.15, 0.2) is 52.7 Å². The predicted molar refractivity (Wildman–Crippen MR) is 89.9 cm³/mol. The summed E-state index contributed by atoms with van der Waals surface area (Å²) in [7, 11) is 0. The summed E-state index contributed by atoms with van der Waals surface area (Å²) < 4.78 is 5.20. The summed E-state index contributed by atoms with van der Waals surface area (Å²) in [5, 5.41) is 8.28. The van der Waals surface area contributed by atoms with Crippen molar-refractivity contribution in [3.8, 4) is 5.75 Å². The van der Waals surface area contributed by atoms with Crippen molar-refractivity contribution in [3.63, 3.8) is 0 Å². The second kappa shape index (κ2) is 6.74. The number of hydrogen-bond acceptors (Lipinski definition) is 5. The van der Waals surface area contributed by atoms with Crippen molar-refractivity contribution in [1.82, 2.24) is 0 Å². The number of aryl methyl sites for hydroxylation is 2. The Morgan fingerprint density at radius 3 is 2.29 bits per heavy atom. The van der Waals surface area contributed by atoms with E-state index >= 15 is 0 Å². The Morgan fingerprint density at radius 2 is 1.62 bits per heavy atom. The van der Waals surface area contributed by atoms with Crippen LogP contribution in [0.1, 0.15) is 35.3 Å². The zero-order valence-electron chi connectivity index (χ0n) is 13.7. The van der Waals surface area contributed by atoms with Crippen molar-refractivity contribution in [2.24, 2.45) is 10.2 Å². The van der Waals surface area contributed by atoms with Gasteiger partial charge in [0.2, 0.25) is 11.8 Å². The number of carbonyl (C=O) groups is 2. The molecule has 2 aromatic rings. The second-order valence-electron chi connectivity index (χ2n) is 5.53. The van der Waals surface area contributed by atoms with E-state index < -0.39 is 12.0 Å². The third-order valence-corrected chi connectivity index (χ3v) is 4.07. The summed E-state index contributed by atoms with van der Waals surface area (Å²) in [6, 6.07) is 11.4. The Bertz CT molecular complexity index is 805. The number of ether oxygens (including phenoxy) is 1. The van der Waals surface area contributed by atoms with Crippen LogP contribution in [0.2, 0.25) is 0 Å². The van der Waals surface area contributed by atoms with Crippen LogP contribution < -0.4 is 4.74 Å². The molecule has 24 heavy (non-hydrogen) atoms. The molecule has 0 amide bonds. The minimum Gasteiger partial charge on any atom is -0.424 e. The predicted octanol–water partition coefficient (Wildman–Crippen LogP) is 4.07. The summed E-state index contributed by atoms with van der Waals surface area (Å²) in [6.45, 7) is 4.06. The van der Waals surface area contributed by atoms with Gasteiger partial charge in [-0.1, -0.05) is 44.2 Å².